The minimum atomic E-state index is 0.692. The smallest absolute Gasteiger partial charge is 0.0602 e. The molecule has 80 valence electrons. The molecule has 2 heteroatoms. The topological polar surface area (TPSA) is 32.3 Å². The largest absolute Gasteiger partial charge is 0.291 e. The van der Waals surface area contributed by atoms with Crippen molar-refractivity contribution >= 4 is 17.8 Å². The van der Waals surface area contributed by atoms with Crippen LogP contribution in [0.3, 0.4) is 0 Å². The molecule has 0 fully saturated rings. The predicted molar refractivity (Wildman–Crippen MR) is 67.2 cm³/mol. The van der Waals surface area contributed by atoms with E-state index in [9.17, 15) is 0 Å². The van der Waals surface area contributed by atoms with E-state index in [2.05, 4.69) is 23.7 Å². The summed E-state index contributed by atoms with van der Waals surface area (Å²) in [4.78, 5) is 0. The van der Waals surface area contributed by atoms with Crippen molar-refractivity contribution < 1.29 is 5.21 Å². The van der Waals surface area contributed by atoms with Crippen LogP contribution in [0.1, 0.15) is 11.1 Å². The Kier molecular flexibility index (Phi) is 3.36. The van der Waals surface area contributed by atoms with E-state index in [1.54, 1.807) is 0 Å². The molecule has 0 saturated heterocycles. The van der Waals surface area contributed by atoms with Crippen molar-refractivity contribution in [1.29, 1.82) is 0 Å². The molecular weight excluding hydrogens is 198 g/mol. The Morgan fingerprint density at radius 1 is 0.750 bits per heavy atom. The van der Waals surface area contributed by atoms with Crippen LogP contribution < -0.4 is 5.48 Å². The minimum absolute atomic E-state index is 0.692. The maximum absolute atomic E-state index is 8.67. The molecule has 0 heterocycles. The van der Waals surface area contributed by atoms with Gasteiger partial charge in [0.15, 0.2) is 0 Å². The standard InChI is InChI=1S/C14H13NO/c16-15-14-10-8-13(9-11-14)7-6-12-4-2-1-3-5-12/h1-11,15-16H. The van der Waals surface area contributed by atoms with Gasteiger partial charge in [-0.15, -0.1) is 0 Å². The molecule has 0 aliphatic heterocycles. The zero-order valence-electron chi connectivity index (χ0n) is 8.80. The Balaban J connectivity index is 2.12. The van der Waals surface area contributed by atoms with Crippen molar-refractivity contribution in [3.8, 4) is 0 Å². The molecule has 0 aliphatic carbocycles. The van der Waals surface area contributed by atoms with Gasteiger partial charge in [0.1, 0.15) is 0 Å². The fourth-order valence-electron chi connectivity index (χ4n) is 1.43. The number of anilines is 1. The Morgan fingerprint density at radius 2 is 1.31 bits per heavy atom. The maximum atomic E-state index is 8.67. The summed E-state index contributed by atoms with van der Waals surface area (Å²) in [6, 6.07) is 17.7. The Labute approximate surface area is 94.8 Å². The maximum Gasteiger partial charge on any atom is 0.0602 e. The first-order chi connectivity index (χ1) is 7.88. The lowest BCUT2D eigenvalue weighted by Gasteiger charge is -1.98. The predicted octanol–water partition coefficient (Wildman–Crippen LogP) is 3.66. The second-order valence-corrected chi connectivity index (χ2v) is 3.48. The molecule has 0 aromatic heterocycles. The summed E-state index contributed by atoms with van der Waals surface area (Å²) in [5, 5.41) is 8.67. The molecule has 0 spiro atoms. The first kappa shape index (κ1) is 10.5. The fourth-order valence-corrected chi connectivity index (χ4v) is 1.43. The van der Waals surface area contributed by atoms with Crippen LogP contribution in [0.2, 0.25) is 0 Å². The summed E-state index contributed by atoms with van der Waals surface area (Å²) < 4.78 is 0. The molecule has 2 nitrogen and oxygen atoms in total. The van der Waals surface area contributed by atoms with Gasteiger partial charge in [-0.05, 0) is 23.3 Å². The van der Waals surface area contributed by atoms with Crippen LogP contribution >= 0.6 is 0 Å². The van der Waals surface area contributed by atoms with Crippen molar-refractivity contribution in [3.63, 3.8) is 0 Å². The van der Waals surface area contributed by atoms with Crippen molar-refractivity contribution in [1.82, 2.24) is 0 Å². The molecule has 0 amide bonds. The highest BCUT2D eigenvalue weighted by Crippen LogP contribution is 2.11. The van der Waals surface area contributed by atoms with E-state index in [1.807, 2.05) is 48.5 Å². The molecule has 0 saturated carbocycles. The van der Waals surface area contributed by atoms with Crippen LogP contribution in [-0.2, 0) is 0 Å². The van der Waals surface area contributed by atoms with Crippen molar-refractivity contribution in [3.05, 3.63) is 65.7 Å². The lowest BCUT2D eigenvalue weighted by atomic mass is 10.1. The molecular formula is C14H13NO. The van der Waals surface area contributed by atoms with Gasteiger partial charge in [-0.2, -0.15) is 0 Å². The van der Waals surface area contributed by atoms with Crippen LogP contribution in [0.4, 0.5) is 5.69 Å². The van der Waals surface area contributed by atoms with E-state index in [-0.39, 0.29) is 0 Å². The fraction of sp³-hybridized carbons (Fsp3) is 0. The lowest BCUT2D eigenvalue weighted by Crippen LogP contribution is -1.87. The third-order valence-electron chi connectivity index (χ3n) is 2.31. The van der Waals surface area contributed by atoms with Gasteiger partial charge in [0.05, 0.1) is 5.69 Å². The molecule has 2 N–H and O–H groups in total. The lowest BCUT2D eigenvalue weighted by molar-refractivity contribution is 0.389. The number of benzene rings is 2. The zero-order chi connectivity index (χ0) is 11.2. The molecule has 2 rings (SSSR count). The van der Waals surface area contributed by atoms with Gasteiger partial charge in [-0.1, -0.05) is 54.6 Å². The van der Waals surface area contributed by atoms with Crippen molar-refractivity contribution in [2.24, 2.45) is 0 Å². The second kappa shape index (κ2) is 5.14. The number of hydrogen-bond donors (Lipinski definition) is 2. The van der Waals surface area contributed by atoms with Crippen LogP contribution in [0.5, 0.6) is 0 Å². The van der Waals surface area contributed by atoms with E-state index < -0.39 is 0 Å². The van der Waals surface area contributed by atoms with Crippen LogP contribution in [0, 0.1) is 0 Å². The quantitative estimate of drug-likeness (QED) is 0.600. The van der Waals surface area contributed by atoms with Crippen LogP contribution in [-0.4, -0.2) is 5.21 Å². The van der Waals surface area contributed by atoms with Crippen LogP contribution in [0.15, 0.2) is 54.6 Å². The first-order valence-electron chi connectivity index (χ1n) is 5.12. The number of hydrogen-bond acceptors (Lipinski definition) is 2. The van der Waals surface area contributed by atoms with Gasteiger partial charge in [0, 0.05) is 0 Å². The molecule has 0 aliphatic rings. The van der Waals surface area contributed by atoms with E-state index in [4.69, 9.17) is 5.21 Å². The minimum Gasteiger partial charge on any atom is -0.291 e. The Morgan fingerprint density at radius 3 is 1.88 bits per heavy atom. The van der Waals surface area contributed by atoms with Crippen molar-refractivity contribution in [2.75, 3.05) is 5.48 Å². The summed E-state index contributed by atoms with van der Waals surface area (Å²) in [7, 11) is 0. The van der Waals surface area contributed by atoms with Gasteiger partial charge in [-0.25, -0.2) is 0 Å². The highest BCUT2D eigenvalue weighted by molar-refractivity contribution is 5.70. The van der Waals surface area contributed by atoms with Gasteiger partial charge < -0.3 is 0 Å². The van der Waals surface area contributed by atoms with Crippen molar-refractivity contribution in [2.45, 2.75) is 0 Å². The molecule has 0 unspecified atom stereocenters. The van der Waals surface area contributed by atoms with Crippen LogP contribution in [0.25, 0.3) is 12.2 Å². The molecule has 0 atom stereocenters. The average molecular weight is 211 g/mol. The number of nitrogens with one attached hydrogen (secondary N) is 1. The third-order valence-corrected chi connectivity index (χ3v) is 2.31. The molecule has 2 aromatic rings. The average Bonchev–Trinajstić information content (AvgIpc) is 2.38. The first-order valence-corrected chi connectivity index (χ1v) is 5.12. The SMILES string of the molecule is ONc1ccc(C=Cc2ccccc2)cc1. The van der Waals surface area contributed by atoms with Gasteiger partial charge in [-0.3, -0.25) is 10.7 Å². The van der Waals surface area contributed by atoms with Gasteiger partial charge >= 0.3 is 0 Å². The summed E-state index contributed by atoms with van der Waals surface area (Å²) in [6.07, 6.45) is 4.10. The number of rotatable bonds is 3. The highest BCUT2D eigenvalue weighted by atomic mass is 16.5. The van der Waals surface area contributed by atoms with E-state index in [0.717, 1.165) is 5.56 Å². The Hall–Kier alpha value is -2.06. The monoisotopic (exact) mass is 211 g/mol. The third kappa shape index (κ3) is 2.72. The molecule has 0 bridgehead atoms. The highest BCUT2D eigenvalue weighted by Gasteiger charge is 1.89. The molecule has 0 radical (unpaired) electrons. The van der Waals surface area contributed by atoms with Gasteiger partial charge in [0.25, 0.3) is 0 Å². The van der Waals surface area contributed by atoms with Gasteiger partial charge in [0.2, 0.25) is 0 Å². The summed E-state index contributed by atoms with van der Waals surface area (Å²) in [5.74, 6) is 0. The summed E-state index contributed by atoms with van der Waals surface area (Å²) in [5.41, 5.74) is 5.07. The summed E-state index contributed by atoms with van der Waals surface area (Å²) >= 11 is 0. The molecule has 2 aromatic carbocycles. The van der Waals surface area contributed by atoms with E-state index >= 15 is 0 Å². The zero-order valence-corrected chi connectivity index (χ0v) is 8.80. The normalized spacial score (nSPS) is 10.6. The summed E-state index contributed by atoms with van der Waals surface area (Å²) in [6.45, 7) is 0. The Bertz CT molecular complexity index is 460. The molecule has 16 heavy (non-hydrogen) atoms. The van der Waals surface area contributed by atoms with E-state index in [0.29, 0.717) is 5.69 Å². The van der Waals surface area contributed by atoms with E-state index in [1.165, 1.54) is 5.56 Å². The second-order valence-electron chi connectivity index (χ2n) is 3.48.